The first kappa shape index (κ1) is 18.8. The maximum atomic E-state index is 14.2. The Kier molecular flexibility index (Phi) is 4.76. The average Bonchev–Trinajstić information content (AvgIpc) is 3.04. The average molecular weight is 384 g/mol. The number of rotatable bonds is 4. The van der Waals surface area contributed by atoms with Crippen LogP contribution in [0.5, 0.6) is 0 Å². The van der Waals surface area contributed by atoms with Gasteiger partial charge in [-0.15, -0.1) is 15.3 Å². The molecule has 3 aromatic rings. The number of benzene rings is 1. The Morgan fingerprint density at radius 3 is 2.64 bits per heavy atom. The molecule has 8 heteroatoms. The smallest absolute Gasteiger partial charge is 0.188 e. The summed E-state index contributed by atoms with van der Waals surface area (Å²) in [5.74, 6) is 0.848. The Bertz CT molecular complexity index is 982. The van der Waals surface area contributed by atoms with Crippen molar-refractivity contribution in [1.29, 1.82) is 0 Å². The predicted octanol–water partition coefficient (Wildman–Crippen LogP) is 2.21. The fourth-order valence-corrected chi connectivity index (χ4v) is 3.81. The van der Waals surface area contributed by atoms with Crippen LogP contribution in [0.25, 0.3) is 17.0 Å². The maximum absolute atomic E-state index is 14.2. The third-order valence-electron chi connectivity index (χ3n) is 4.98. The Hall–Kier alpha value is -2.58. The zero-order valence-corrected chi connectivity index (χ0v) is 16.4. The second kappa shape index (κ2) is 7.10. The third-order valence-corrected chi connectivity index (χ3v) is 4.98. The summed E-state index contributed by atoms with van der Waals surface area (Å²) in [5, 5.41) is 23.1. The van der Waals surface area contributed by atoms with Crippen molar-refractivity contribution in [3.63, 3.8) is 0 Å². The molecule has 1 aliphatic heterocycles. The number of hydrogen-bond acceptors (Lipinski definition) is 6. The lowest BCUT2D eigenvalue weighted by Gasteiger charge is -2.42. The van der Waals surface area contributed by atoms with Crippen molar-refractivity contribution in [2.24, 2.45) is 0 Å². The molecule has 0 amide bonds. The minimum Gasteiger partial charge on any atom is -0.389 e. The van der Waals surface area contributed by atoms with Crippen molar-refractivity contribution in [1.82, 2.24) is 24.7 Å². The minimum atomic E-state index is -0.712. The molecule has 1 atom stereocenters. The molecule has 0 saturated carbocycles. The summed E-state index contributed by atoms with van der Waals surface area (Å²) in [6.45, 7) is 8.92. The first-order chi connectivity index (χ1) is 13.3. The van der Waals surface area contributed by atoms with E-state index in [9.17, 15) is 9.50 Å². The zero-order valence-electron chi connectivity index (χ0n) is 16.4. The molecular formula is C20H25FN6O. The number of nitrogens with zero attached hydrogens (tertiary/aromatic N) is 6. The molecule has 1 fully saturated rings. The van der Waals surface area contributed by atoms with Crippen LogP contribution in [0, 0.1) is 5.82 Å². The maximum Gasteiger partial charge on any atom is 0.188 e. The minimum absolute atomic E-state index is 0.231. The highest BCUT2D eigenvalue weighted by Crippen LogP contribution is 2.24. The fraction of sp³-hybridized carbons (Fsp3) is 0.450. The lowest BCUT2D eigenvalue weighted by Crippen LogP contribution is -2.55. The van der Waals surface area contributed by atoms with Gasteiger partial charge in [0.15, 0.2) is 11.5 Å². The SMILES string of the molecule is CC1CN(CC(C)(C)O)CCN1c1ccc2nnc(-c3ccccc3F)n2n1. The van der Waals surface area contributed by atoms with Crippen molar-refractivity contribution in [3.05, 3.63) is 42.2 Å². The Labute approximate surface area is 163 Å². The standard InChI is InChI=1S/C20H25FN6O/c1-14-12-25(13-20(2,3)28)10-11-26(14)18-9-8-17-22-23-19(27(17)24-18)15-6-4-5-7-16(15)21/h4-9,14,28H,10-13H2,1-3H3. The lowest BCUT2D eigenvalue weighted by atomic mass is 10.1. The van der Waals surface area contributed by atoms with E-state index in [1.165, 1.54) is 6.07 Å². The molecule has 28 heavy (non-hydrogen) atoms. The van der Waals surface area contributed by atoms with Crippen LogP contribution in [0.4, 0.5) is 10.2 Å². The van der Waals surface area contributed by atoms with Gasteiger partial charge in [0.25, 0.3) is 0 Å². The molecule has 7 nitrogen and oxygen atoms in total. The molecule has 0 aliphatic carbocycles. The number of halogens is 1. The monoisotopic (exact) mass is 384 g/mol. The Morgan fingerprint density at radius 1 is 1.14 bits per heavy atom. The first-order valence-electron chi connectivity index (χ1n) is 9.50. The van der Waals surface area contributed by atoms with E-state index < -0.39 is 5.60 Å². The van der Waals surface area contributed by atoms with Gasteiger partial charge in [-0.2, -0.15) is 4.52 Å². The predicted molar refractivity (Wildman–Crippen MR) is 106 cm³/mol. The highest BCUT2D eigenvalue weighted by molar-refractivity contribution is 5.60. The largest absolute Gasteiger partial charge is 0.389 e. The molecule has 0 radical (unpaired) electrons. The molecule has 0 bridgehead atoms. The quantitative estimate of drug-likeness (QED) is 0.744. The topological polar surface area (TPSA) is 69.8 Å². The summed E-state index contributed by atoms with van der Waals surface area (Å²) in [6.07, 6.45) is 0. The molecule has 2 aromatic heterocycles. The van der Waals surface area contributed by atoms with E-state index in [2.05, 4.69) is 26.9 Å². The summed E-state index contributed by atoms with van der Waals surface area (Å²) in [6, 6.07) is 10.5. The molecule has 1 N–H and O–H groups in total. The van der Waals surface area contributed by atoms with Gasteiger partial charge >= 0.3 is 0 Å². The van der Waals surface area contributed by atoms with Crippen LogP contribution >= 0.6 is 0 Å². The van der Waals surface area contributed by atoms with E-state index in [1.807, 2.05) is 26.0 Å². The molecule has 1 saturated heterocycles. The van der Waals surface area contributed by atoms with Crippen LogP contribution in [0.2, 0.25) is 0 Å². The van der Waals surface area contributed by atoms with Gasteiger partial charge in [0.05, 0.1) is 11.2 Å². The Balaban J connectivity index is 1.62. The van der Waals surface area contributed by atoms with Crippen molar-refractivity contribution in [2.45, 2.75) is 32.4 Å². The van der Waals surface area contributed by atoms with Crippen LogP contribution in [0.15, 0.2) is 36.4 Å². The number of β-amino-alcohol motifs (C(OH)–C–C–N with tert-alkyl or cyclic N) is 1. The van der Waals surface area contributed by atoms with E-state index in [0.29, 0.717) is 23.6 Å². The van der Waals surface area contributed by atoms with Crippen molar-refractivity contribution in [3.8, 4) is 11.4 Å². The summed E-state index contributed by atoms with van der Waals surface area (Å²) < 4.78 is 15.8. The van der Waals surface area contributed by atoms with E-state index >= 15 is 0 Å². The summed E-state index contributed by atoms with van der Waals surface area (Å²) >= 11 is 0. The van der Waals surface area contributed by atoms with E-state index in [-0.39, 0.29) is 11.9 Å². The molecule has 1 aromatic carbocycles. The van der Waals surface area contributed by atoms with Gasteiger partial charge in [0.2, 0.25) is 0 Å². The number of aromatic nitrogens is 4. The molecule has 1 aliphatic rings. The second-order valence-electron chi connectivity index (χ2n) is 8.05. The third kappa shape index (κ3) is 3.70. The zero-order chi connectivity index (χ0) is 19.9. The van der Waals surface area contributed by atoms with Crippen LogP contribution in [0.1, 0.15) is 20.8 Å². The summed E-state index contributed by atoms with van der Waals surface area (Å²) in [5.41, 5.74) is 0.244. The van der Waals surface area contributed by atoms with Gasteiger partial charge in [-0.05, 0) is 45.0 Å². The van der Waals surface area contributed by atoms with Crippen molar-refractivity contribution < 1.29 is 9.50 Å². The molecule has 1 unspecified atom stereocenters. The number of hydrogen-bond donors (Lipinski definition) is 1. The highest BCUT2D eigenvalue weighted by Gasteiger charge is 2.28. The number of piperazine rings is 1. The fourth-order valence-electron chi connectivity index (χ4n) is 3.81. The number of anilines is 1. The van der Waals surface area contributed by atoms with E-state index in [1.54, 1.807) is 22.7 Å². The van der Waals surface area contributed by atoms with E-state index in [4.69, 9.17) is 5.10 Å². The molecule has 148 valence electrons. The highest BCUT2D eigenvalue weighted by atomic mass is 19.1. The van der Waals surface area contributed by atoms with Gasteiger partial charge in [-0.3, -0.25) is 4.90 Å². The molecule has 0 spiro atoms. The van der Waals surface area contributed by atoms with Gasteiger partial charge in [-0.1, -0.05) is 12.1 Å². The lowest BCUT2D eigenvalue weighted by molar-refractivity contribution is 0.0307. The summed E-state index contributed by atoms with van der Waals surface area (Å²) in [7, 11) is 0. The first-order valence-corrected chi connectivity index (χ1v) is 9.50. The van der Waals surface area contributed by atoms with Crippen LogP contribution in [-0.4, -0.2) is 67.6 Å². The molecule has 4 rings (SSSR count). The van der Waals surface area contributed by atoms with Gasteiger partial charge < -0.3 is 10.0 Å². The summed E-state index contributed by atoms with van der Waals surface area (Å²) in [4.78, 5) is 4.49. The normalized spacial score (nSPS) is 18.8. The van der Waals surface area contributed by atoms with Crippen LogP contribution in [-0.2, 0) is 0 Å². The number of aliphatic hydroxyl groups is 1. The molecule has 3 heterocycles. The van der Waals surface area contributed by atoms with E-state index in [0.717, 1.165) is 25.5 Å². The van der Waals surface area contributed by atoms with Crippen molar-refractivity contribution >= 4 is 11.5 Å². The molecular weight excluding hydrogens is 359 g/mol. The van der Waals surface area contributed by atoms with Crippen molar-refractivity contribution in [2.75, 3.05) is 31.1 Å². The second-order valence-corrected chi connectivity index (χ2v) is 8.05. The van der Waals surface area contributed by atoms with Gasteiger partial charge in [0, 0.05) is 32.2 Å². The van der Waals surface area contributed by atoms with Gasteiger partial charge in [-0.25, -0.2) is 4.39 Å². The number of fused-ring (bicyclic) bond motifs is 1. The van der Waals surface area contributed by atoms with Crippen LogP contribution < -0.4 is 4.90 Å². The van der Waals surface area contributed by atoms with Gasteiger partial charge in [0.1, 0.15) is 11.6 Å². The van der Waals surface area contributed by atoms with Crippen LogP contribution in [0.3, 0.4) is 0 Å². The Morgan fingerprint density at radius 2 is 1.93 bits per heavy atom.